The molecule has 0 radical (unpaired) electrons. The van der Waals surface area contributed by atoms with Crippen LogP contribution in [0.4, 0.5) is 5.82 Å². The monoisotopic (exact) mass is 423 g/mol. The maximum atomic E-state index is 13.6. The molecule has 3 heterocycles. The molecule has 31 heavy (non-hydrogen) atoms. The lowest BCUT2D eigenvalue weighted by molar-refractivity contribution is 0.0339. The van der Waals surface area contributed by atoms with Crippen molar-refractivity contribution in [1.29, 1.82) is 0 Å². The van der Waals surface area contributed by atoms with Crippen LogP contribution in [0, 0.1) is 6.92 Å². The van der Waals surface area contributed by atoms with Crippen molar-refractivity contribution >= 4 is 11.7 Å². The Balaban J connectivity index is 1.55. The van der Waals surface area contributed by atoms with Gasteiger partial charge in [0.2, 0.25) is 0 Å². The molecule has 0 saturated carbocycles. The third kappa shape index (κ3) is 4.88. The van der Waals surface area contributed by atoms with Crippen molar-refractivity contribution in [3.05, 3.63) is 53.0 Å². The van der Waals surface area contributed by atoms with Crippen LogP contribution in [-0.2, 0) is 16.7 Å². The average Bonchev–Trinajstić information content (AvgIpc) is 2.79. The van der Waals surface area contributed by atoms with E-state index in [4.69, 9.17) is 14.7 Å². The van der Waals surface area contributed by atoms with Crippen molar-refractivity contribution in [1.82, 2.24) is 19.8 Å². The lowest BCUT2D eigenvalue weighted by atomic mass is 9.80. The fraction of sp³-hybridized carbons (Fsp3) is 0.542. The summed E-state index contributed by atoms with van der Waals surface area (Å²) in [5.74, 6) is 1.75. The number of carbonyl (C=O) groups is 1. The molecule has 4 rings (SSSR count). The molecular weight excluding hydrogens is 390 g/mol. The highest BCUT2D eigenvalue weighted by atomic mass is 16.5. The SMILES string of the molecule is CNc1cc(C)nc([C@]2(C)CCCN(C(=O)c3ccccc3CN3CCOCC3)C2)n1. The number of aromatic nitrogens is 2. The Bertz CT molecular complexity index is 928. The predicted molar refractivity (Wildman–Crippen MR) is 121 cm³/mol. The van der Waals surface area contributed by atoms with Crippen LogP contribution < -0.4 is 5.32 Å². The highest BCUT2D eigenvalue weighted by Crippen LogP contribution is 2.33. The van der Waals surface area contributed by atoms with Gasteiger partial charge in [-0.3, -0.25) is 9.69 Å². The van der Waals surface area contributed by atoms with Gasteiger partial charge in [0.25, 0.3) is 5.91 Å². The molecule has 1 aromatic carbocycles. The van der Waals surface area contributed by atoms with Crippen LogP contribution in [0.5, 0.6) is 0 Å². The molecule has 2 aliphatic rings. The van der Waals surface area contributed by atoms with E-state index in [1.54, 1.807) is 0 Å². The van der Waals surface area contributed by atoms with Crippen LogP contribution in [0.25, 0.3) is 0 Å². The van der Waals surface area contributed by atoms with Crippen LogP contribution in [-0.4, -0.2) is 72.1 Å². The first-order chi connectivity index (χ1) is 15.0. The summed E-state index contributed by atoms with van der Waals surface area (Å²) < 4.78 is 5.47. The summed E-state index contributed by atoms with van der Waals surface area (Å²) in [5.41, 5.74) is 2.57. The number of likely N-dealkylation sites (tertiary alicyclic amines) is 1. The zero-order valence-corrected chi connectivity index (χ0v) is 18.9. The first kappa shape index (κ1) is 21.7. The van der Waals surface area contributed by atoms with Gasteiger partial charge in [0.1, 0.15) is 11.6 Å². The number of anilines is 1. The number of morpholine rings is 1. The minimum Gasteiger partial charge on any atom is -0.379 e. The molecule has 2 aliphatic heterocycles. The highest BCUT2D eigenvalue weighted by Gasteiger charge is 2.38. The van der Waals surface area contributed by atoms with Crippen LogP contribution in [0.3, 0.4) is 0 Å². The summed E-state index contributed by atoms with van der Waals surface area (Å²) in [7, 11) is 1.87. The van der Waals surface area contributed by atoms with Gasteiger partial charge in [0.15, 0.2) is 0 Å². The summed E-state index contributed by atoms with van der Waals surface area (Å²) >= 11 is 0. The van der Waals surface area contributed by atoms with Gasteiger partial charge in [-0.15, -0.1) is 0 Å². The zero-order chi connectivity index (χ0) is 21.8. The van der Waals surface area contributed by atoms with Crippen LogP contribution in [0.15, 0.2) is 30.3 Å². The van der Waals surface area contributed by atoms with Gasteiger partial charge in [-0.05, 0) is 31.4 Å². The lowest BCUT2D eigenvalue weighted by Gasteiger charge is -2.40. The zero-order valence-electron chi connectivity index (χ0n) is 18.9. The van der Waals surface area contributed by atoms with Crippen molar-refractivity contribution in [3.63, 3.8) is 0 Å². The van der Waals surface area contributed by atoms with Crippen molar-refractivity contribution in [3.8, 4) is 0 Å². The molecule has 0 spiro atoms. The number of aryl methyl sites for hydroxylation is 1. The second-order valence-corrected chi connectivity index (χ2v) is 8.90. The van der Waals surface area contributed by atoms with E-state index in [2.05, 4.69) is 23.2 Å². The molecule has 2 fully saturated rings. The van der Waals surface area contributed by atoms with Gasteiger partial charge in [0.05, 0.1) is 13.2 Å². The van der Waals surface area contributed by atoms with Crippen LogP contribution >= 0.6 is 0 Å². The van der Waals surface area contributed by atoms with E-state index in [1.165, 1.54) is 0 Å². The van der Waals surface area contributed by atoms with Crippen molar-refractivity contribution < 1.29 is 9.53 Å². The minimum atomic E-state index is -0.259. The van der Waals surface area contributed by atoms with E-state index >= 15 is 0 Å². The van der Waals surface area contributed by atoms with Crippen molar-refractivity contribution in [2.24, 2.45) is 0 Å². The number of nitrogens with one attached hydrogen (secondary N) is 1. The van der Waals surface area contributed by atoms with Crippen LogP contribution in [0.2, 0.25) is 0 Å². The molecule has 2 saturated heterocycles. The molecular formula is C24H33N5O2. The Kier molecular flexibility index (Phi) is 6.53. The Morgan fingerprint density at radius 1 is 1.19 bits per heavy atom. The first-order valence-corrected chi connectivity index (χ1v) is 11.2. The molecule has 7 heteroatoms. The molecule has 0 bridgehead atoms. The number of hydrogen-bond donors (Lipinski definition) is 1. The second kappa shape index (κ2) is 9.32. The molecule has 1 amide bonds. The van der Waals surface area contributed by atoms with Crippen LogP contribution in [0.1, 0.15) is 47.2 Å². The van der Waals surface area contributed by atoms with Gasteiger partial charge in [-0.2, -0.15) is 0 Å². The Hall–Kier alpha value is -2.51. The third-order valence-corrected chi connectivity index (χ3v) is 6.38. The Labute approximate surface area is 184 Å². The molecule has 0 aliphatic carbocycles. The summed E-state index contributed by atoms with van der Waals surface area (Å²) in [6.45, 7) is 9.67. The van der Waals surface area contributed by atoms with Gasteiger partial charge in [0, 0.05) is 62.5 Å². The van der Waals surface area contributed by atoms with E-state index in [0.717, 1.165) is 80.7 Å². The molecule has 166 valence electrons. The number of carbonyl (C=O) groups excluding carboxylic acids is 1. The molecule has 0 unspecified atom stereocenters. The topological polar surface area (TPSA) is 70.6 Å². The number of hydrogen-bond acceptors (Lipinski definition) is 6. The summed E-state index contributed by atoms with van der Waals surface area (Å²) in [4.78, 5) is 27.4. The number of piperidine rings is 1. The van der Waals surface area contributed by atoms with Gasteiger partial charge < -0.3 is 15.0 Å². The Morgan fingerprint density at radius 3 is 2.74 bits per heavy atom. The standard InChI is InChI=1S/C24H33N5O2/c1-18-15-21(25-3)27-23(26-18)24(2)9-6-10-29(17-24)22(30)20-8-5-4-7-19(20)16-28-11-13-31-14-12-28/h4-5,7-8,15H,6,9-14,16-17H2,1-3H3,(H,25,26,27)/t24-/m1/s1. The van der Waals surface area contributed by atoms with E-state index < -0.39 is 0 Å². The van der Waals surface area contributed by atoms with E-state index in [0.29, 0.717) is 6.54 Å². The number of amides is 1. The number of nitrogens with zero attached hydrogens (tertiary/aromatic N) is 4. The number of benzene rings is 1. The normalized spacial score (nSPS) is 22.4. The summed E-state index contributed by atoms with van der Waals surface area (Å²) in [6, 6.07) is 9.97. The fourth-order valence-corrected chi connectivity index (χ4v) is 4.60. The summed E-state index contributed by atoms with van der Waals surface area (Å²) in [5, 5.41) is 3.13. The number of rotatable bonds is 5. The molecule has 1 N–H and O–H groups in total. The molecule has 7 nitrogen and oxygen atoms in total. The largest absolute Gasteiger partial charge is 0.379 e. The molecule has 1 aromatic heterocycles. The second-order valence-electron chi connectivity index (χ2n) is 8.90. The highest BCUT2D eigenvalue weighted by molar-refractivity contribution is 5.95. The maximum Gasteiger partial charge on any atom is 0.254 e. The molecule has 1 atom stereocenters. The van der Waals surface area contributed by atoms with Gasteiger partial charge in [-0.1, -0.05) is 25.1 Å². The third-order valence-electron chi connectivity index (χ3n) is 6.38. The predicted octanol–water partition coefficient (Wildman–Crippen LogP) is 2.85. The first-order valence-electron chi connectivity index (χ1n) is 11.2. The maximum absolute atomic E-state index is 13.6. The van der Waals surface area contributed by atoms with Crippen molar-refractivity contribution in [2.45, 2.75) is 38.6 Å². The van der Waals surface area contributed by atoms with Gasteiger partial charge in [-0.25, -0.2) is 9.97 Å². The smallest absolute Gasteiger partial charge is 0.254 e. The number of ether oxygens (including phenoxy) is 1. The fourth-order valence-electron chi connectivity index (χ4n) is 4.60. The quantitative estimate of drug-likeness (QED) is 0.798. The summed E-state index contributed by atoms with van der Waals surface area (Å²) in [6.07, 6.45) is 1.92. The Morgan fingerprint density at radius 2 is 1.97 bits per heavy atom. The van der Waals surface area contributed by atoms with Gasteiger partial charge >= 0.3 is 0 Å². The van der Waals surface area contributed by atoms with E-state index in [-0.39, 0.29) is 11.3 Å². The lowest BCUT2D eigenvalue weighted by Crippen LogP contribution is -2.48. The average molecular weight is 424 g/mol. The van der Waals surface area contributed by atoms with E-state index in [9.17, 15) is 4.79 Å². The molecule has 2 aromatic rings. The van der Waals surface area contributed by atoms with E-state index in [1.807, 2.05) is 43.1 Å². The van der Waals surface area contributed by atoms with Crippen molar-refractivity contribution in [2.75, 3.05) is 51.8 Å². The minimum absolute atomic E-state index is 0.108.